The van der Waals surface area contributed by atoms with Crippen molar-refractivity contribution < 1.29 is 9.21 Å². The summed E-state index contributed by atoms with van der Waals surface area (Å²) >= 11 is 9.51. The molecule has 0 fully saturated rings. The van der Waals surface area contributed by atoms with Gasteiger partial charge in [-0.05, 0) is 66.2 Å². The molecule has 0 N–H and O–H groups in total. The van der Waals surface area contributed by atoms with Crippen LogP contribution in [0.5, 0.6) is 0 Å². The van der Waals surface area contributed by atoms with Gasteiger partial charge >= 0.3 is 0 Å². The van der Waals surface area contributed by atoms with Crippen LogP contribution in [0.15, 0.2) is 112 Å². The number of nitrogens with zero attached hydrogens (tertiary/aromatic N) is 1. The Morgan fingerprint density at radius 1 is 0.812 bits per heavy atom. The van der Waals surface area contributed by atoms with Crippen molar-refractivity contribution >= 4 is 50.9 Å². The van der Waals surface area contributed by atoms with Crippen LogP contribution in [0.3, 0.4) is 0 Å². The van der Waals surface area contributed by atoms with Crippen molar-refractivity contribution in [3.8, 4) is 11.3 Å². The topological polar surface area (TPSA) is 33.5 Å². The maximum Gasteiger partial charge on any atom is 0.263 e. The van der Waals surface area contributed by atoms with Crippen molar-refractivity contribution in [1.29, 1.82) is 0 Å². The van der Waals surface area contributed by atoms with E-state index in [9.17, 15) is 4.79 Å². The minimum Gasteiger partial charge on any atom is -0.457 e. The van der Waals surface area contributed by atoms with E-state index in [1.165, 1.54) is 0 Å². The quantitative estimate of drug-likeness (QED) is 0.266. The second-order valence-electron chi connectivity index (χ2n) is 7.32. The molecule has 0 bridgehead atoms. The highest BCUT2D eigenvalue weighted by atomic mass is 79.9. The first-order valence-corrected chi connectivity index (χ1v) is 11.2. The lowest BCUT2D eigenvalue weighted by molar-refractivity contribution is -0.113. The number of hydrogen-bond acceptors (Lipinski definition) is 2. The predicted octanol–water partition coefficient (Wildman–Crippen LogP) is 7.83. The number of amides is 1. The molecule has 0 spiro atoms. The van der Waals surface area contributed by atoms with E-state index in [1.54, 1.807) is 23.1 Å². The molecule has 4 aromatic rings. The van der Waals surface area contributed by atoms with Crippen LogP contribution in [0, 0.1) is 0 Å². The highest BCUT2D eigenvalue weighted by molar-refractivity contribution is 9.10. The number of carbonyl (C=O) groups excluding carboxylic acids is 1. The molecule has 1 amide bonds. The number of hydrogen-bond donors (Lipinski definition) is 0. The van der Waals surface area contributed by atoms with E-state index in [-0.39, 0.29) is 5.91 Å². The largest absolute Gasteiger partial charge is 0.457 e. The third kappa shape index (κ3) is 4.07. The molecule has 32 heavy (non-hydrogen) atoms. The molecule has 5 rings (SSSR count). The first kappa shape index (κ1) is 20.6. The Kier molecular flexibility index (Phi) is 5.56. The fourth-order valence-electron chi connectivity index (χ4n) is 3.64. The van der Waals surface area contributed by atoms with Crippen molar-refractivity contribution in [3.05, 3.63) is 123 Å². The molecule has 1 aliphatic rings. The fraction of sp³-hybridized carbons (Fsp3) is 0. The minimum atomic E-state index is -0.118. The lowest BCUT2D eigenvalue weighted by Crippen LogP contribution is -2.24. The van der Waals surface area contributed by atoms with Gasteiger partial charge in [-0.1, -0.05) is 70.0 Å². The van der Waals surface area contributed by atoms with Gasteiger partial charge in [0.15, 0.2) is 0 Å². The van der Waals surface area contributed by atoms with Crippen molar-refractivity contribution in [2.24, 2.45) is 0 Å². The molecule has 156 valence electrons. The van der Waals surface area contributed by atoms with Crippen LogP contribution in [0.25, 0.3) is 23.1 Å². The Balaban J connectivity index is 1.53. The van der Waals surface area contributed by atoms with Crippen molar-refractivity contribution in [2.45, 2.75) is 0 Å². The lowest BCUT2D eigenvalue weighted by Gasteiger charge is -2.20. The van der Waals surface area contributed by atoms with E-state index in [4.69, 9.17) is 16.0 Å². The highest BCUT2D eigenvalue weighted by Gasteiger charge is 2.30. The van der Waals surface area contributed by atoms with Crippen molar-refractivity contribution in [1.82, 2.24) is 0 Å². The van der Waals surface area contributed by atoms with Gasteiger partial charge in [-0.15, -0.1) is 0 Å². The smallest absolute Gasteiger partial charge is 0.263 e. The first-order chi connectivity index (χ1) is 15.6. The minimum absolute atomic E-state index is 0.118. The molecule has 3 nitrogen and oxygen atoms in total. The summed E-state index contributed by atoms with van der Waals surface area (Å²) < 4.78 is 7.02. The van der Waals surface area contributed by atoms with E-state index >= 15 is 0 Å². The molecule has 0 saturated carbocycles. The Morgan fingerprint density at radius 2 is 1.53 bits per heavy atom. The number of carbonyl (C=O) groups is 1. The summed E-state index contributed by atoms with van der Waals surface area (Å²) in [6.45, 7) is 0. The molecule has 0 atom stereocenters. The maximum atomic E-state index is 13.4. The zero-order valence-electron chi connectivity index (χ0n) is 16.8. The van der Waals surface area contributed by atoms with Crippen LogP contribution >= 0.6 is 27.5 Å². The lowest BCUT2D eigenvalue weighted by atomic mass is 10.1. The number of furan rings is 1. The first-order valence-electron chi connectivity index (χ1n) is 10.0. The Hall–Kier alpha value is -3.34. The Morgan fingerprint density at radius 3 is 2.25 bits per heavy atom. The number of halogens is 2. The molecule has 0 unspecified atom stereocenters. The van der Waals surface area contributed by atoms with Gasteiger partial charge in [0, 0.05) is 26.3 Å². The average molecular weight is 503 g/mol. The zero-order valence-corrected chi connectivity index (χ0v) is 19.2. The second kappa shape index (κ2) is 8.65. The molecule has 5 heteroatoms. The van der Waals surface area contributed by atoms with Gasteiger partial charge in [-0.3, -0.25) is 9.69 Å². The second-order valence-corrected chi connectivity index (χ2v) is 8.67. The predicted molar refractivity (Wildman–Crippen MR) is 133 cm³/mol. The highest BCUT2D eigenvalue weighted by Crippen LogP contribution is 2.36. The van der Waals surface area contributed by atoms with E-state index in [0.717, 1.165) is 32.7 Å². The van der Waals surface area contributed by atoms with E-state index in [0.29, 0.717) is 16.4 Å². The summed E-state index contributed by atoms with van der Waals surface area (Å²) in [5.74, 6) is 1.25. The van der Waals surface area contributed by atoms with Crippen LogP contribution in [-0.2, 0) is 4.79 Å². The summed E-state index contributed by atoms with van der Waals surface area (Å²) in [6.07, 6.45) is 3.68. The van der Waals surface area contributed by atoms with Crippen LogP contribution in [0.2, 0.25) is 5.02 Å². The standard InChI is InChI=1S/C27H17BrClNO2/c28-21-8-6-19(7-9-21)26-15-14-24(32-26)16-20-17-25(18-4-2-1-3-5-18)30(27(20)31)23-12-10-22(29)11-13-23/h1-17H. The molecule has 1 aliphatic heterocycles. The zero-order chi connectivity index (χ0) is 22.1. The molecule has 0 saturated heterocycles. The molecular weight excluding hydrogens is 486 g/mol. The number of benzene rings is 3. The van der Waals surface area contributed by atoms with E-state index in [2.05, 4.69) is 15.9 Å². The van der Waals surface area contributed by atoms with Gasteiger partial charge in [-0.2, -0.15) is 0 Å². The van der Waals surface area contributed by atoms with Gasteiger partial charge < -0.3 is 4.42 Å². The molecule has 2 heterocycles. The third-order valence-corrected chi connectivity index (χ3v) is 5.97. The van der Waals surface area contributed by atoms with Crippen LogP contribution in [0.1, 0.15) is 11.3 Å². The van der Waals surface area contributed by atoms with Crippen LogP contribution in [0.4, 0.5) is 5.69 Å². The van der Waals surface area contributed by atoms with Crippen LogP contribution < -0.4 is 4.90 Å². The Labute approximate surface area is 199 Å². The van der Waals surface area contributed by atoms with E-state index in [1.807, 2.05) is 84.9 Å². The summed E-state index contributed by atoms with van der Waals surface area (Å²) in [4.78, 5) is 15.1. The monoisotopic (exact) mass is 501 g/mol. The summed E-state index contributed by atoms with van der Waals surface area (Å²) in [5.41, 5.74) is 4.04. The third-order valence-electron chi connectivity index (χ3n) is 5.19. The molecular formula is C27H17BrClNO2. The van der Waals surface area contributed by atoms with Gasteiger partial charge in [0.1, 0.15) is 11.5 Å². The van der Waals surface area contributed by atoms with Crippen molar-refractivity contribution in [3.63, 3.8) is 0 Å². The normalized spacial score (nSPS) is 14.8. The summed E-state index contributed by atoms with van der Waals surface area (Å²) in [5, 5.41) is 0.623. The van der Waals surface area contributed by atoms with Gasteiger partial charge in [0.05, 0.1) is 5.70 Å². The fourth-order valence-corrected chi connectivity index (χ4v) is 4.03. The maximum absolute atomic E-state index is 13.4. The molecule has 0 aliphatic carbocycles. The summed E-state index contributed by atoms with van der Waals surface area (Å²) in [7, 11) is 0. The molecule has 1 aromatic heterocycles. The van der Waals surface area contributed by atoms with Crippen molar-refractivity contribution in [2.75, 3.05) is 4.90 Å². The Bertz CT molecular complexity index is 1340. The van der Waals surface area contributed by atoms with Gasteiger partial charge in [0.25, 0.3) is 5.91 Å². The average Bonchev–Trinajstić information content (AvgIpc) is 3.41. The SMILES string of the molecule is O=C1C(=Cc2ccc(-c3ccc(Br)cc3)o2)C=C(c2ccccc2)N1c1ccc(Cl)cc1. The van der Waals surface area contributed by atoms with Gasteiger partial charge in [0.2, 0.25) is 0 Å². The number of rotatable bonds is 4. The molecule has 3 aromatic carbocycles. The number of anilines is 1. The molecule has 0 radical (unpaired) electrons. The van der Waals surface area contributed by atoms with E-state index < -0.39 is 0 Å². The summed E-state index contributed by atoms with van der Waals surface area (Å²) in [6, 6.07) is 28.8. The van der Waals surface area contributed by atoms with Gasteiger partial charge in [-0.25, -0.2) is 0 Å². The van der Waals surface area contributed by atoms with Crippen LogP contribution in [-0.4, -0.2) is 5.91 Å².